The molecule has 0 aliphatic carbocycles. The van der Waals surface area contributed by atoms with Crippen LogP contribution in [0, 0.1) is 0 Å². The number of halogens is 9. The zero-order valence-corrected chi connectivity index (χ0v) is 11.6. The molecule has 0 aliphatic rings. The fourth-order valence-electron chi connectivity index (χ4n) is 0.614. The van der Waals surface area contributed by atoms with Gasteiger partial charge in [0.2, 0.25) is 0 Å². The predicted octanol–water partition coefficient (Wildman–Crippen LogP) is 1.34. The van der Waals surface area contributed by atoms with Crippen molar-refractivity contribution in [2.24, 2.45) is 0 Å². The molecule has 0 saturated carbocycles. The first-order valence-electron chi connectivity index (χ1n) is 4.02. The number of rotatable bonds is 4. The highest BCUT2D eigenvalue weighted by atomic mass is 32.3. The number of sulfone groups is 2. The highest BCUT2D eigenvalue weighted by Crippen LogP contribution is 2.38. The van der Waals surface area contributed by atoms with Crippen LogP contribution < -0.4 is 0 Å². The Kier molecular flexibility index (Phi) is 5.62. The van der Waals surface area contributed by atoms with E-state index in [1.54, 1.807) is 0 Å². The summed E-state index contributed by atoms with van der Waals surface area (Å²) in [5.41, 5.74) is -19.6. The second-order valence-electron chi connectivity index (χ2n) is 3.05. The smallest absolute Gasteiger partial charge is 0.246 e. The summed E-state index contributed by atoms with van der Waals surface area (Å²) in [6.45, 7) is 0. The molecule has 0 saturated heterocycles. The molecule has 0 heterocycles. The van der Waals surface area contributed by atoms with Gasteiger partial charge in [0, 0.05) is 0 Å². The molecule has 0 bridgehead atoms. The van der Waals surface area contributed by atoms with E-state index in [4.69, 9.17) is 0 Å². The van der Waals surface area contributed by atoms with Crippen LogP contribution in [0.15, 0.2) is 0 Å². The normalized spacial score (nSPS) is 16.8. The summed E-state index contributed by atoms with van der Waals surface area (Å²) in [5.74, 6) is 0. The van der Waals surface area contributed by atoms with Crippen molar-refractivity contribution in [2.45, 2.75) is 21.3 Å². The van der Waals surface area contributed by atoms with Gasteiger partial charge in [0.15, 0.2) is 0 Å². The Labute approximate surface area is 117 Å². The zero-order chi connectivity index (χ0) is 18.4. The average Bonchev–Trinajstić information content (AvgIpc) is 2.19. The standard InChI is InChI=1S/C4HF9O6S3/c5-2(6,7)20(14)19-1(21(15,16)3(8,9)10)22(17,18)4(11,12)13/h1H. The number of hydrogen-bond donors (Lipinski definition) is 0. The van der Waals surface area contributed by atoms with E-state index >= 15 is 0 Å². The quantitative estimate of drug-likeness (QED) is 0.647. The highest BCUT2D eigenvalue weighted by Gasteiger charge is 2.65. The maximum absolute atomic E-state index is 12.1. The Bertz CT molecular complexity index is 592. The molecule has 0 aliphatic heterocycles. The molecule has 0 rings (SSSR count). The molecule has 0 N–H and O–H groups in total. The number of hydrogen-bond acceptors (Lipinski definition) is 6. The third-order valence-electron chi connectivity index (χ3n) is 1.51. The number of alkyl halides is 9. The van der Waals surface area contributed by atoms with Gasteiger partial charge in [0.25, 0.3) is 35.5 Å². The first kappa shape index (κ1) is 21.4. The summed E-state index contributed by atoms with van der Waals surface area (Å²) < 4.78 is 158. The summed E-state index contributed by atoms with van der Waals surface area (Å²) in [6.07, 6.45) is 0. The molecule has 1 atom stereocenters. The van der Waals surface area contributed by atoms with Crippen molar-refractivity contribution >= 4 is 30.8 Å². The fourth-order valence-corrected chi connectivity index (χ4v) is 4.55. The van der Waals surface area contributed by atoms with Crippen LogP contribution in [0.3, 0.4) is 0 Å². The zero-order valence-electron chi connectivity index (χ0n) is 9.15. The molecule has 0 radical (unpaired) electrons. The fraction of sp³-hybridized carbons (Fsp3) is 1.00. The minimum atomic E-state index is -7.46. The molecular weight excluding hydrogens is 411 g/mol. The summed E-state index contributed by atoms with van der Waals surface area (Å²) in [7, 11) is -14.9. The summed E-state index contributed by atoms with van der Waals surface area (Å²) >= 11 is -5.09. The first-order chi connectivity index (χ1) is 9.26. The molecule has 0 aromatic rings. The molecular formula is C4HF9O6S3. The van der Waals surface area contributed by atoms with Gasteiger partial charge < -0.3 is 0 Å². The summed E-state index contributed by atoms with van der Waals surface area (Å²) in [5, 5.41) is 0. The molecule has 1 unspecified atom stereocenters. The van der Waals surface area contributed by atoms with E-state index in [1.807, 2.05) is 0 Å². The van der Waals surface area contributed by atoms with Crippen LogP contribution in [0.25, 0.3) is 0 Å². The molecule has 6 nitrogen and oxygen atoms in total. The SMILES string of the molecule is O=S(OC(S(=O)(=O)C(F)(F)F)S(=O)(=O)C(F)(F)F)C(F)(F)F. The highest BCUT2D eigenvalue weighted by molar-refractivity contribution is 8.10. The van der Waals surface area contributed by atoms with Gasteiger partial charge in [0.05, 0.1) is 0 Å². The van der Waals surface area contributed by atoms with Gasteiger partial charge in [-0.25, -0.2) is 25.2 Å². The van der Waals surface area contributed by atoms with Crippen molar-refractivity contribution < 1.29 is 64.7 Å². The molecule has 0 aromatic carbocycles. The van der Waals surface area contributed by atoms with Gasteiger partial charge >= 0.3 is 16.5 Å². The van der Waals surface area contributed by atoms with Crippen molar-refractivity contribution in [3.05, 3.63) is 0 Å². The van der Waals surface area contributed by atoms with Crippen LogP contribution in [0.1, 0.15) is 0 Å². The predicted molar refractivity (Wildman–Crippen MR) is 49.0 cm³/mol. The molecule has 0 spiro atoms. The molecule has 0 aromatic heterocycles. The van der Waals surface area contributed by atoms with Crippen molar-refractivity contribution in [3.63, 3.8) is 0 Å². The van der Waals surface area contributed by atoms with Gasteiger partial charge in [-0.05, 0) is 0 Å². The van der Waals surface area contributed by atoms with Crippen molar-refractivity contribution in [3.8, 4) is 0 Å². The van der Waals surface area contributed by atoms with Gasteiger partial charge in [-0.2, -0.15) is 39.5 Å². The third-order valence-corrected chi connectivity index (χ3v) is 6.51. The topological polar surface area (TPSA) is 94.6 Å². The minimum Gasteiger partial charge on any atom is -0.246 e. The van der Waals surface area contributed by atoms with E-state index in [2.05, 4.69) is 4.18 Å². The lowest BCUT2D eigenvalue weighted by molar-refractivity contribution is -0.0562. The second-order valence-corrected chi connectivity index (χ2v) is 8.43. The second kappa shape index (κ2) is 5.78. The summed E-state index contributed by atoms with van der Waals surface area (Å²) in [6, 6.07) is 0. The van der Waals surface area contributed by atoms with Crippen LogP contribution in [-0.4, -0.2) is 42.3 Å². The molecule has 22 heavy (non-hydrogen) atoms. The first-order valence-corrected chi connectivity index (χ1v) is 8.19. The van der Waals surface area contributed by atoms with Crippen molar-refractivity contribution in [1.82, 2.24) is 0 Å². The van der Waals surface area contributed by atoms with Crippen LogP contribution in [0.5, 0.6) is 0 Å². The largest absolute Gasteiger partial charge is 0.501 e. The lowest BCUT2D eigenvalue weighted by atomic mass is 11.5. The Morgan fingerprint density at radius 2 is 1.00 bits per heavy atom. The molecule has 0 fully saturated rings. The van der Waals surface area contributed by atoms with E-state index < -0.39 is 52.0 Å². The minimum absolute atomic E-state index is 2.53. The Morgan fingerprint density at radius 3 is 1.18 bits per heavy atom. The van der Waals surface area contributed by atoms with Gasteiger partial charge in [-0.15, -0.1) is 0 Å². The lowest BCUT2D eigenvalue weighted by Gasteiger charge is -2.20. The van der Waals surface area contributed by atoms with Gasteiger partial charge in [-0.1, -0.05) is 0 Å². The van der Waals surface area contributed by atoms with Crippen LogP contribution in [0.4, 0.5) is 39.5 Å². The maximum atomic E-state index is 12.1. The Balaban J connectivity index is 6.25. The average molecular weight is 412 g/mol. The third kappa shape index (κ3) is 4.22. The van der Waals surface area contributed by atoms with E-state index in [0.29, 0.717) is 0 Å². The van der Waals surface area contributed by atoms with E-state index in [-0.39, 0.29) is 0 Å². The van der Waals surface area contributed by atoms with E-state index in [9.17, 15) is 60.6 Å². The van der Waals surface area contributed by atoms with Gasteiger partial charge in [-0.3, -0.25) is 0 Å². The summed E-state index contributed by atoms with van der Waals surface area (Å²) in [4.78, 5) is 0. The van der Waals surface area contributed by atoms with E-state index in [1.165, 1.54) is 0 Å². The van der Waals surface area contributed by atoms with Gasteiger partial charge in [0.1, 0.15) is 0 Å². The molecule has 134 valence electrons. The van der Waals surface area contributed by atoms with E-state index in [0.717, 1.165) is 0 Å². The lowest BCUT2D eigenvalue weighted by Crippen LogP contribution is -2.47. The van der Waals surface area contributed by atoms with Crippen LogP contribution >= 0.6 is 0 Å². The van der Waals surface area contributed by atoms with Crippen molar-refractivity contribution in [1.29, 1.82) is 0 Å². The molecule has 0 amide bonds. The monoisotopic (exact) mass is 412 g/mol. The maximum Gasteiger partial charge on any atom is 0.501 e. The van der Waals surface area contributed by atoms with Crippen LogP contribution in [0.2, 0.25) is 0 Å². The Hall–Kier alpha value is -0.620. The Morgan fingerprint density at radius 1 is 0.727 bits per heavy atom. The van der Waals surface area contributed by atoms with Crippen molar-refractivity contribution in [2.75, 3.05) is 0 Å². The van der Waals surface area contributed by atoms with Crippen LogP contribution in [-0.2, 0) is 34.9 Å². The molecule has 18 heteroatoms.